The van der Waals surface area contributed by atoms with Gasteiger partial charge in [0.15, 0.2) is 0 Å². The summed E-state index contributed by atoms with van der Waals surface area (Å²) in [4.78, 5) is 23.1. The third kappa shape index (κ3) is 4.57. The first-order valence-electron chi connectivity index (χ1n) is 5.06. The highest BCUT2D eigenvalue weighted by molar-refractivity contribution is 7.99. The van der Waals surface area contributed by atoms with Gasteiger partial charge in [0.05, 0.1) is 12.3 Å². The molecule has 18 heavy (non-hydrogen) atoms. The molecule has 0 aliphatic carbocycles. The second-order valence-electron chi connectivity index (χ2n) is 3.49. The lowest BCUT2D eigenvalue weighted by atomic mass is 10.6. The quantitative estimate of drug-likeness (QED) is 0.647. The number of carboxylic acid groups (broad SMARTS) is 1. The molecule has 0 radical (unpaired) electrons. The molecular weight excluding hydrogens is 260 g/mol. The number of nitrogens with zero attached hydrogens (tertiary/aromatic N) is 5. The summed E-state index contributed by atoms with van der Waals surface area (Å²) < 4.78 is 1.45. The van der Waals surface area contributed by atoms with Gasteiger partial charge in [-0.15, -0.1) is 5.10 Å². The molecule has 0 aromatic carbocycles. The van der Waals surface area contributed by atoms with Gasteiger partial charge < -0.3 is 15.3 Å². The van der Waals surface area contributed by atoms with Crippen molar-refractivity contribution >= 4 is 23.8 Å². The van der Waals surface area contributed by atoms with E-state index in [1.807, 2.05) is 0 Å². The smallest absolute Gasteiger partial charge is 0.316 e. The number of carbonyl (C=O) groups excluding carboxylic acids is 1. The molecule has 1 aromatic heterocycles. The van der Waals surface area contributed by atoms with Crippen molar-refractivity contribution < 1.29 is 14.7 Å². The summed E-state index contributed by atoms with van der Waals surface area (Å²) in [5.41, 5.74) is 0. The average molecular weight is 274 g/mol. The molecule has 1 rings (SSSR count). The average Bonchev–Trinajstić information content (AvgIpc) is 2.73. The van der Waals surface area contributed by atoms with Crippen LogP contribution in [0, 0.1) is 0 Å². The molecule has 0 fully saturated rings. The van der Waals surface area contributed by atoms with Crippen LogP contribution in [-0.4, -0.2) is 68.6 Å². The SMILES string of the molecule is CN(C)C(=O)NCCn1nnnc1SCC(=O)O. The van der Waals surface area contributed by atoms with Gasteiger partial charge in [-0.3, -0.25) is 4.79 Å². The van der Waals surface area contributed by atoms with Crippen LogP contribution in [0.4, 0.5) is 4.79 Å². The van der Waals surface area contributed by atoms with Gasteiger partial charge in [-0.2, -0.15) is 0 Å². The van der Waals surface area contributed by atoms with Gasteiger partial charge in [0, 0.05) is 20.6 Å². The molecule has 2 amide bonds. The highest BCUT2D eigenvalue weighted by atomic mass is 32.2. The van der Waals surface area contributed by atoms with E-state index in [4.69, 9.17) is 5.11 Å². The van der Waals surface area contributed by atoms with E-state index in [-0.39, 0.29) is 11.8 Å². The highest BCUT2D eigenvalue weighted by Crippen LogP contribution is 2.12. The number of hydrogen-bond donors (Lipinski definition) is 2. The Kier molecular flexibility index (Phi) is 5.36. The zero-order valence-electron chi connectivity index (χ0n) is 10.0. The lowest BCUT2D eigenvalue weighted by molar-refractivity contribution is -0.133. The second kappa shape index (κ2) is 6.79. The maximum Gasteiger partial charge on any atom is 0.316 e. The first kappa shape index (κ1) is 14.2. The molecule has 0 aliphatic heterocycles. The van der Waals surface area contributed by atoms with E-state index in [0.717, 1.165) is 11.8 Å². The van der Waals surface area contributed by atoms with Gasteiger partial charge in [-0.25, -0.2) is 9.48 Å². The van der Waals surface area contributed by atoms with Crippen molar-refractivity contribution in [3.63, 3.8) is 0 Å². The van der Waals surface area contributed by atoms with Gasteiger partial charge >= 0.3 is 12.0 Å². The fourth-order valence-corrected chi connectivity index (χ4v) is 1.62. The molecule has 2 N–H and O–H groups in total. The Morgan fingerprint density at radius 1 is 1.50 bits per heavy atom. The van der Waals surface area contributed by atoms with Crippen LogP contribution >= 0.6 is 11.8 Å². The maximum absolute atomic E-state index is 11.2. The number of thioether (sulfide) groups is 1. The Morgan fingerprint density at radius 3 is 2.83 bits per heavy atom. The highest BCUT2D eigenvalue weighted by Gasteiger charge is 2.09. The molecular formula is C8H14N6O3S. The number of urea groups is 1. The van der Waals surface area contributed by atoms with Crippen LogP contribution in [0.5, 0.6) is 0 Å². The van der Waals surface area contributed by atoms with E-state index in [1.54, 1.807) is 14.1 Å². The summed E-state index contributed by atoms with van der Waals surface area (Å²) in [5.74, 6) is -1.04. The van der Waals surface area contributed by atoms with E-state index in [2.05, 4.69) is 20.8 Å². The van der Waals surface area contributed by atoms with Gasteiger partial charge in [-0.05, 0) is 10.4 Å². The van der Waals surface area contributed by atoms with Crippen LogP contribution in [0.1, 0.15) is 0 Å². The van der Waals surface area contributed by atoms with Crippen molar-refractivity contribution in [2.75, 3.05) is 26.4 Å². The summed E-state index contributed by atoms with van der Waals surface area (Å²) in [5, 5.41) is 22.5. The van der Waals surface area contributed by atoms with Crippen molar-refractivity contribution in [3.05, 3.63) is 0 Å². The lowest BCUT2D eigenvalue weighted by Gasteiger charge is -2.11. The number of amides is 2. The number of carboxylic acids is 1. The number of nitrogens with one attached hydrogen (secondary N) is 1. The van der Waals surface area contributed by atoms with Crippen molar-refractivity contribution in [1.82, 2.24) is 30.4 Å². The number of aliphatic carboxylic acids is 1. The molecule has 0 saturated carbocycles. The zero-order chi connectivity index (χ0) is 13.5. The monoisotopic (exact) mass is 274 g/mol. The van der Waals surface area contributed by atoms with Crippen molar-refractivity contribution in [2.45, 2.75) is 11.7 Å². The van der Waals surface area contributed by atoms with Crippen LogP contribution in [0.25, 0.3) is 0 Å². The van der Waals surface area contributed by atoms with Crippen LogP contribution in [0.15, 0.2) is 5.16 Å². The Hall–Kier alpha value is -1.84. The van der Waals surface area contributed by atoms with Crippen LogP contribution in [-0.2, 0) is 11.3 Å². The summed E-state index contributed by atoms with van der Waals surface area (Å²) >= 11 is 1.03. The molecule has 10 heteroatoms. The standard InChI is InChI=1S/C8H14N6O3S/c1-13(2)7(17)9-3-4-14-8(10-11-12-14)18-5-6(15)16/h3-5H2,1-2H3,(H,9,17)(H,15,16). The second-order valence-corrected chi connectivity index (χ2v) is 4.44. The summed E-state index contributed by atoms with van der Waals surface area (Å²) in [6.07, 6.45) is 0. The van der Waals surface area contributed by atoms with E-state index in [0.29, 0.717) is 18.2 Å². The molecule has 0 spiro atoms. The topological polar surface area (TPSA) is 113 Å². The van der Waals surface area contributed by atoms with E-state index >= 15 is 0 Å². The minimum atomic E-state index is -0.935. The van der Waals surface area contributed by atoms with Crippen molar-refractivity contribution in [1.29, 1.82) is 0 Å². The first-order chi connectivity index (χ1) is 8.50. The molecule has 0 aliphatic rings. The van der Waals surface area contributed by atoms with Crippen LogP contribution in [0.3, 0.4) is 0 Å². The zero-order valence-corrected chi connectivity index (χ0v) is 10.8. The molecule has 0 bridgehead atoms. The van der Waals surface area contributed by atoms with Gasteiger partial charge in [0.25, 0.3) is 0 Å². The predicted octanol–water partition coefficient (Wildman–Crippen LogP) is -0.879. The largest absolute Gasteiger partial charge is 0.481 e. The fraction of sp³-hybridized carbons (Fsp3) is 0.625. The minimum Gasteiger partial charge on any atom is -0.481 e. The first-order valence-corrected chi connectivity index (χ1v) is 6.05. The normalized spacial score (nSPS) is 10.1. The van der Waals surface area contributed by atoms with E-state index in [1.165, 1.54) is 9.58 Å². The maximum atomic E-state index is 11.2. The van der Waals surface area contributed by atoms with Gasteiger partial charge in [0.1, 0.15) is 0 Å². The molecule has 9 nitrogen and oxygen atoms in total. The number of aromatic nitrogens is 4. The fourth-order valence-electron chi connectivity index (χ4n) is 0.993. The summed E-state index contributed by atoms with van der Waals surface area (Å²) in [6.45, 7) is 0.747. The number of rotatable bonds is 6. The van der Waals surface area contributed by atoms with Crippen LogP contribution in [0.2, 0.25) is 0 Å². The third-order valence-electron chi connectivity index (χ3n) is 1.83. The van der Waals surface area contributed by atoms with Gasteiger partial charge in [0.2, 0.25) is 5.16 Å². The Balaban J connectivity index is 2.40. The lowest BCUT2D eigenvalue weighted by Crippen LogP contribution is -2.36. The Bertz CT molecular complexity index is 421. The Morgan fingerprint density at radius 2 is 2.22 bits per heavy atom. The van der Waals surface area contributed by atoms with Crippen molar-refractivity contribution in [2.24, 2.45) is 0 Å². The number of carbonyl (C=O) groups is 2. The van der Waals surface area contributed by atoms with E-state index < -0.39 is 5.97 Å². The Labute approximate surface area is 108 Å². The third-order valence-corrected chi connectivity index (χ3v) is 2.77. The minimum absolute atomic E-state index is 0.107. The molecule has 1 aromatic rings. The molecule has 0 unspecified atom stereocenters. The number of hydrogen-bond acceptors (Lipinski definition) is 6. The van der Waals surface area contributed by atoms with Crippen molar-refractivity contribution in [3.8, 4) is 0 Å². The van der Waals surface area contributed by atoms with Crippen LogP contribution < -0.4 is 5.32 Å². The molecule has 100 valence electrons. The van der Waals surface area contributed by atoms with Gasteiger partial charge in [-0.1, -0.05) is 11.8 Å². The molecule has 1 heterocycles. The molecule has 0 saturated heterocycles. The predicted molar refractivity (Wildman–Crippen MR) is 63.3 cm³/mol. The number of tetrazole rings is 1. The molecule has 0 atom stereocenters. The van der Waals surface area contributed by atoms with E-state index in [9.17, 15) is 9.59 Å². The summed E-state index contributed by atoms with van der Waals surface area (Å²) in [6, 6.07) is -0.206. The summed E-state index contributed by atoms with van der Waals surface area (Å²) in [7, 11) is 3.28.